The summed E-state index contributed by atoms with van der Waals surface area (Å²) >= 11 is -5.91. The molecule has 100 valence electrons. The zero-order valence-electron chi connectivity index (χ0n) is 9.62. The molecule has 0 aromatic carbocycles. The van der Waals surface area contributed by atoms with Gasteiger partial charge in [-0.2, -0.15) is 0 Å². The van der Waals surface area contributed by atoms with Gasteiger partial charge in [-0.15, -0.1) is 0 Å². The summed E-state index contributed by atoms with van der Waals surface area (Å²) in [4.78, 5) is 49.9. The van der Waals surface area contributed by atoms with Crippen molar-refractivity contribution in [1.82, 2.24) is 0 Å². The molecule has 0 fully saturated rings. The van der Waals surface area contributed by atoms with Crippen LogP contribution in [0, 0.1) is 0 Å². The van der Waals surface area contributed by atoms with Crippen molar-refractivity contribution >= 4 is 29.9 Å². The molecule has 0 N–H and O–H groups in total. The third kappa shape index (κ3) is 4.64. The molecule has 0 aromatic rings. The third-order valence-electron chi connectivity index (χ3n) is 1.28. The van der Waals surface area contributed by atoms with E-state index < -0.39 is 21.1 Å². The van der Waals surface area contributed by atoms with Crippen molar-refractivity contribution in [3.63, 3.8) is 0 Å². The van der Waals surface area contributed by atoms with Crippen LogP contribution >= 0.6 is 8.60 Å². The van der Waals surface area contributed by atoms with Gasteiger partial charge in [0.2, 0.25) is 0 Å². The van der Waals surface area contributed by atoms with Crippen molar-refractivity contribution in [2.75, 3.05) is 21.3 Å². The Morgan fingerprint density at radius 2 is 0.889 bits per heavy atom. The Hall–Kier alpha value is -1.10. The van der Waals surface area contributed by atoms with Gasteiger partial charge in [0.25, 0.3) is 0 Å². The van der Waals surface area contributed by atoms with E-state index in [0.717, 1.165) is 21.3 Å². The van der Waals surface area contributed by atoms with Crippen molar-refractivity contribution < 1.29 is 50.0 Å². The second-order valence-electron chi connectivity index (χ2n) is 2.21. The van der Waals surface area contributed by atoms with Crippen LogP contribution in [0.15, 0.2) is 0 Å². The van der Waals surface area contributed by atoms with Crippen molar-refractivity contribution in [3.8, 4) is 0 Å². The van der Waals surface area contributed by atoms with Gasteiger partial charge in [-0.05, 0) is 0 Å². The molecule has 0 bridgehead atoms. The average molecular weight is 360 g/mol. The maximum atomic E-state index is 9.98. The van der Waals surface area contributed by atoms with E-state index in [1.807, 2.05) is 0 Å². The Balaban J connectivity index is 0. The summed E-state index contributed by atoms with van der Waals surface area (Å²) in [6, 6.07) is 0. The Kier molecular flexibility index (Phi) is 9.53. The molecule has 0 heterocycles. The van der Waals surface area contributed by atoms with Crippen molar-refractivity contribution in [3.05, 3.63) is 0 Å². The first-order valence-corrected chi connectivity index (χ1v) is 9.93. The Labute approximate surface area is 101 Å². The monoisotopic (exact) mass is 362 g/mol. The quantitative estimate of drug-likeness (QED) is 0.473. The number of rotatable bonds is 3. The van der Waals surface area contributed by atoms with E-state index in [1.54, 1.807) is 21.3 Å². The number of hydrogen-bond acceptors (Lipinski definition) is 8. The summed E-state index contributed by atoms with van der Waals surface area (Å²) in [7, 11) is 3.57. The minimum absolute atomic E-state index is 0.777. The zero-order chi connectivity index (χ0) is 14.7. The predicted molar refractivity (Wildman–Crippen MR) is 56.4 cm³/mol. The van der Waals surface area contributed by atoms with Crippen LogP contribution in [0.3, 0.4) is 0 Å². The molecule has 0 atom stereocenters. The summed E-state index contributed by atoms with van der Waals surface area (Å²) in [5, 5.41) is 0. The van der Waals surface area contributed by atoms with Crippen LogP contribution in [-0.4, -0.2) is 42.7 Å². The molecule has 10 heteroatoms. The van der Waals surface area contributed by atoms with Crippen molar-refractivity contribution in [2.45, 2.75) is 0 Å². The molecule has 0 aliphatic heterocycles. The first-order chi connectivity index (χ1) is 8.46. The van der Waals surface area contributed by atoms with Crippen molar-refractivity contribution in [2.24, 2.45) is 0 Å². The molecular weight excluding hydrogens is 351 g/mol. The van der Waals surface area contributed by atoms with Crippen LogP contribution in [0.1, 0.15) is 0 Å². The molecule has 0 rings (SSSR count). The average Bonchev–Trinajstić information content (AvgIpc) is 2.46. The van der Waals surface area contributed by atoms with Gasteiger partial charge < -0.3 is 13.6 Å². The molecule has 0 saturated carbocycles. The van der Waals surface area contributed by atoms with Crippen LogP contribution in [0.25, 0.3) is 0 Å². The Morgan fingerprint density at radius 1 is 0.667 bits per heavy atom. The first-order valence-electron chi connectivity index (χ1n) is 3.81. The van der Waals surface area contributed by atoms with E-state index in [-0.39, 0.29) is 0 Å². The Morgan fingerprint density at radius 3 is 0.889 bits per heavy atom. The van der Waals surface area contributed by atoms with Crippen LogP contribution < -0.4 is 0 Å². The second-order valence-corrected chi connectivity index (χ2v) is 10.8. The molecule has 0 unspecified atom stereocenters. The third-order valence-corrected chi connectivity index (χ3v) is 6.27. The van der Waals surface area contributed by atoms with Crippen LogP contribution in [0.4, 0.5) is 0 Å². The molecule has 0 spiro atoms. The van der Waals surface area contributed by atoms with Crippen LogP contribution in [0.2, 0.25) is 0 Å². The fraction of sp³-hybridized carbons (Fsp3) is 0.375. The number of carbonyl (C=O) groups excluding carboxylic acids is 5. The van der Waals surface area contributed by atoms with E-state index in [9.17, 15) is 24.0 Å². The zero-order valence-corrected chi connectivity index (χ0v) is 12.5. The van der Waals surface area contributed by atoms with Gasteiger partial charge >= 0.3 is 66.4 Å². The first kappa shape index (κ1) is 19.2. The maximum absolute atomic E-state index is 9.98. The van der Waals surface area contributed by atoms with Crippen LogP contribution in [0.5, 0.6) is 0 Å². The van der Waals surface area contributed by atoms with Crippen molar-refractivity contribution in [1.29, 1.82) is 0 Å². The molecular formula is C8H9MoO8P. The fourth-order valence-electron chi connectivity index (χ4n) is 0.394. The van der Waals surface area contributed by atoms with E-state index in [1.165, 1.54) is 0 Å². The Bertz CT molecular complexity index is 645. The van der Waals surface area contributed by atoms with E-state index in [2.05, 4.69) is 13.6 Å². The van der Waals surface area contributed by atoms with Gasteiger partial charge in [-0.25, -0.2) is 0 Å². The van der Waals surface area contributed by atoms with Gasteiger partial charge in [-0.3, -0.25) is 0 Å². The molecule has 0 radical (unpaired) electrons. The normalized spacial score (nSPS) is 8.44. The van der Waals surface area contributed by atoms with Gasteiger partial charge in [-0.1, -0.05) is 0 Å². The summed E-state index contributed by atoms with van der Waals surface area (Å²) in [6.07, 6.45) is 0. The summed E-state index contributed by atoms with van der Waals surface area (Å²) < 4.78 is 17.9. The standard InChI is InChI=1S/C3H9O3P.5CO.Mo/c1-4-7(5-2)6-3;5*1-2;/h1-3H3;;;;;;. The molecule has 0 aliphatic carbocycles. The minimum atomic E-state index is -5.91. The topological polar surface area (TPSA) is 113 Å². The van der Waals surface area contributed by atoms with E-state index >= 15 is 0 Å². The van der Waals surface area contributed by atoms with Gasteiger partial charge in [0.05, 0.1) is 0 Å². The van der Waals surface area contributed by atoms with E-state index in [0.29, 0.717) is 0 Å². The molecule has 0 aromatic heterocycles. The van der Waals surface area contributed by atoms with E-state index in [4.69, 9.17) is 0 Å². The summed E-state index contributed by atoms with van der Waals surface area (Å²) in [5.41, 5.74) is 0. The summed E-state index contributed by atoms with van der Waals surface area (Å²) in [6.45, 7) is 0. The molecule has 0 saturated heterocycles. The van der Waals surface area contributed by atoms with Gasteiger partial charge in [0.15, 0.2) is 0 Å². The molecule has 8 nitrogen and oxygen atoms in total. The van der Waals surface area contributed by atoms with Crippen LogP contribution in [-0.2, 0) is 50.0 Å². The number of hydrogen-bond donors (Lipinski definition) is 0. The summed E-state index contributed by atoms with van der Waals surface area (Å²) in [5.74, 6) is 0. The van der Waals surface area contributed by atoms with Gasteiger partial charge in [0.1, 0.15) is 0 Å². The molecule has 0 amide bonds. The molecule has 18 heavy (non-hydrogen) atoms. The predicted octanol–water partition coefficient (Wildman–Crippen LogP) is -0.836. The SMILES string of the molecule is COP(OC)OC.O=[C]=[Mo](=[C]=O)(=[C]=O)(=[C]=O)=[C]=O. The molecule has 0 aliphatic rings. The fourth-order valence-corrected chi connectivity index (χ4v) is 1.68. The second kappa shape index (κ2) is 8.91. The van der Waals surface area contributed by atoms with Gasteiger partial charge in [0, 0.05) is 21.3 Å².